The lowest BCUT2D eigenvalue weighted by atomic mass is 10.2. The van der Waals surface area contributed by atoms with Gasteiger partial charge >= 0.3 is 0 Å². The van der Waals surface area contributed by atoms with E-state index >= 15 is 0 Å². The number of carbonyl (C=O) groups is 1. The molecular weight excluding hydrogens is 228 g/mol. The van der Waals surface area contributed by atoms with E-state index in [2.05, 4.69) is 4.98 Å². The first kappa shape index (κ1) is 14.1. The van der Waals surface area contributed by atoms with Crippen LogP contribution in [0.5, 0.6) is 0 Å². The minimum Gasteiger partial charge on any atom is -0.336 e. The van der Waals surface area contributed by atoms with E-state index in [1.165, 1.54) is 0 Å². The molecule has 0 aromatic carbocycles. The van der Waals surface area contributed by atoms with E-state index < -0.39 is 6.04 Å². The number of aromatic nitrogens is 1. The highest BCUT2D eigenvalue weighted by Crippen LogP contribution is 2.06. The molecule has 1 rings (SSSR count). The summed E-state index contributed by atoms with van der Waals surface area (Å²) in [4.78, 5) is 17.7. The smallest absolute Gasteiger partial charge is 0.239 e. The number of nitriles is 1. The van der Waals surface area contributed by atoms with Crippen molar-refractivity contribution in [1.82, 2.24) is 9.88 Å². The summed E-state index contributed by atoms with van der Waals surface area (Å²) >= 11 is 0. The van der Waals surface area contributed by atoms with Gasteiger partial charge < -0.3 is 10.6 Å². The molecule has 0 saturated carbocycles. The van der Waals surface area contributed by atoms with Crippen LogP contribution in [0.4, 0.5) is 0 Å². The maximum absolute atomic E-state index is 12.1. The maximum atomic E-state index is 12.1. The molecule has 0 spiro atoms. The Hall–Kier alpha value is -1.93. The fraction of sp³-hybridized carbons (Fsp3) is 0.462. The zero-order chi connectivity index (χ0) is 13.4. The topological polar surface area (TPSA) is 83.0 Å². The third-order valence-corrected chi connectivity index (χ3v) is 2.66. The zero-order valence-corrected chi connectivity index (χ0v) is 10.5. The predicted molar refractivity (Wildman–Crippen MR) is 68.2 cm³/mol. The van der Waals surface area contributed by atoms with E-state index in [9.17, 15) is 4.79 Å². The number of carbonyl (C=O) groups excluding carboxylic acids is 1. The molecule has 0 radical (unpaired) electrons. The van der Waals surface area contributed by atoms with Gasteiger partial charge in [0.1, 0.15) is 0 Å². The summed E-state index contributed by atoms with van der Waals surface area (Å²) in [7, 11) is 0. The first-order chi connectivity index (χ1) is 8.69. The van der Waals surface area contributed by atoms with Gasteiger partial charge in [-0.25, -0.2) is 0 Å². The molecule has 1 amide bonds. The van der Waals surface area contributed by atoms with Crippen molar-refractivity contribution in [3.8, 4) is 6.07 Å². The van der Waals surface area contributed by atoms with Gasteiger partial charge in [-0.05, 0) is 18.1 Å². The normalized spacial score (nSPS) is 11.6. The van der Waals surface area contributed by atoms with Crippen molar-refractivity contribution >= 4 is 5.91 Å². The van der Waals surface area contributed by atoms with Gasteiger partial charge in [-0.1, -0.05) is 13.0 Å². The number of hydrogen-bond acceptors (Lipinski definition) is 4. The monoisotopic (exact) mass is 246 g/mol. The molecule has 5 heteroatoms. The maximum Gasteiger partial charge on any atom is 0.239 e. The van der Waals surface area contributed by atoms with Gasteiger partial charge in [-0.15, -0.1) is 0 Å². The van der Waals surface area contributed by atoms with Crippen LogP contribution < -0.4 is 5.73 Å². The number of amides is 1. The lowest BCUT2D eigenvalue weighted by Gasteiger charge is -2.24. The minimum absolute atomic E-state index is 0.114. The highest BCUT2D eigenvalue weighted by atomic mass is 16.2. The summed E-state index contributed by atoms with van der Waals surface area (Å²) in [5.41, 5.74) is 6.69. The summed E-state index contributed by atoms with van der Waals surface area (Å²) in [6.45, 7) is 2.72. The molecule has 5 nitrogen and oxygen atoms in total. The van der Waals surface area contributed by atoms with Gasteiger partial charge in [0.05, 0.1) is 18.5 Å². The summed E-state index contributed by atoms with van der Waals surface area (Å²) in [5, 5.41) is 8.63. The van der Waals surface area contributed by atoms with Crippen molar-refractivity contribution in [2.75, 3.05) is 6.54 Å². The Morgan fingerprint density at radius 1 is 1.67 bits per heavy atom. The van der Waals surface area contributed by atoms with E-state index in [1.807, 2.05) is 25.1 Å². The predicted octanol–water partition coefficient (Wildman–Crippen LogP) is 1.06. The largest absolute Gasteiger partial charge is 0.336 e. The van der Waals surface area contributed by atoms with E-state index in [0.29, 0.717) is 25.9 Å². The van der Waals surface area contributed by atoms with Gasteiger partial charge in [0, 0.05) is 25.5 Å². The lowest BCUT2D eigenvalue weighted by Crippen LogP contribution is -2.43. The SMILES string of the molecule is CC[C@H](N)C(=O)N(CCC#N)Cc1cccnc1. The van der Waals surface area contributed by atoms with Crippen molar-refractivity contribution in [1.29, 1.82) is 5.26 Å². The molecule has 1 atom stereocenters. The molecule has 0 aliphatic carbocycles. The van der Waals surface area contributed by atoms with Crippen LogP contribution in [-0.2, 0) is 11.3 Å². The second kappa shape index (κ2) is 7.41. The van der Waals surface area contributed by atoms with Crippen LogP contribution in [0.1, 0.15) is 25.3 Å². The van der Waals surface area contributed by atoms with Gasteiger partial charge in [0.2, 0.25) is 5.91 Å². The molecule has 0 aliphatic rings. The molecule has 1 aromatic rings. The molecular formula is C13H18N4O. The Morgan fingerprint density at radius 3 is 3.00 bits per heavy atom. The third kappa shape index (κ3) is 4.15. The van der Waals surface area contributed by atoms with E-state index in [0.717, 1.165) is 5.56 Å². The number of nitrogens with zero attached hydrogens (tertiary/aromatic N) is 3. The molecule has 96 valence electrons. The summed E-state index contributed by atoms with van der Waals surface area (Å²) in [5.74, 6) is -0.114. The van der Waals surface area contributed by atoms with Crippen LogP contribution in [0, 0.1) is 11.3 Å². The Balaban J connectivity index is 2.72. The fourth-order valence-corrected chi connectivity index (χ4v) is 1.57. The van der Waals surface area contributed by atoms with Gasteiger partial charge in [-0.3, -0.25) is 9.78 Å². The number of pyridine rings is 1. The Kier molecular flexibility index (Phi) is 5.81. The molecule has 2 N–H and O–H groups in total. The van der Waals surface area contributed by atoms with Crippen molar-refractivity contribution in [2.24, 2.45) is 5.73 Å². The van der Waals surface area contributed by atoms with Crippen molar-refractivity contribution in [2.45, 2.75) is 32.4 Å². The zero-order valence-electron chi connectivity index (χ0n) is 10.5. The average Bonchev–Trinajstić information content (AvgIpc) is 2.42. The second-order valence-electron chi connectivity index (χ2n) is 4.04. The standard InChI is InChI=1S/C13H18N4O/c1-2-12(15)13(18)17(8-4-6-14)10-11-5-3-7-16-9-11/h3,5,7,9,12H,2,4,8,10,15H2,1H3/t12-/m0/s1. The van der Waals surface area contributed by atoms with Crippen LogP contribution in [0.2, 0.25) is 0 Å². The van der Waals surface area contributed by atoms with E-state index in [1.54, 1.807) is 17.3 Å². The highest BCUT2D eigenvalue weighted by molar-refractivity contribution is 5.81. The molecule has 18 heavy (non-hydrogen) atoms. The minimum atomic E-state index is -0.500. The number of nitrogens with two attached hydrogens (primary N) is 1. The van der Waals surface area contributed by atoms with Crippen molar-refractivity contribution < 1.29 is 4.79 Å². The quantitative estimate of drug-likeness (QED) is 0.813. The van der Waals surface area contributed by atoms with Crippen LogP contribution in [0.3, 0.4) is 0 Å². The number of hydrogen-bond donors (Lipinski definition) is 1. The lowest BCUT2D eigenvalue weighted by molar-refractivity contribution is -0.133. The van der Waals surface area contributed by atoms with Gasteiger partial charge in [0.15, 0.2) is 0 Å². The molecule has 0 unspecified atom stereocenters. The first-order valence-electron chi connectivity index (χ1n) is 5.99. The van der Waals surface area contributed by atoms with Crippen LogP contribution in [-0.4, -0.2) is 28.4 Å². The Labute approximate surface area is 107 Å². The Bertz CT molecular complexity index is 413. The van der Waals surface area contributed by atoms with E-state index in [-0.39, 0.29) is 5.91 Å². The highest BCUT2D eigenvalue weighted by Gasteiger charge is 2.19. The van der Waals surface area contributed by atoms with Gasteiger partial charge in [0.25, 0.3) is 0 Å². The van der Waals surface area contributed by atoms with Crippen molar-refractivity contribution in [3.63, 3.8) is 0 Å². The van der Waals surface area contributed by atoms with E-state index in [4.69, 9.17) is 11.0 Å². The third-order valence-electron chi connectivity index (χ3n) is 2.66. The summed E-state index contributed by atoms with van der Waals surface area (Å²) in [6, 6.07) is 5.27. The fourth-order valence-electron chi connectivity index (χ4n) is 1.57. The molecule has 0 saturated heterocycles. The van der Waals surface area contributed by atoms with Crippen LogP contribution in [0.15, 0.2) is 24.5 Å². The van der Waals surface area contributed by atoms with Gasteiger partial charge in [-0.2, -0.15) is 5.26 Å². The van der Waals surface area contributed by atoms with Crippen LogP contribution in [0.25, 0.3) is 0 Å². The Morgan fingerprint density at radius 2 is 2.44 bits per heavy atom. The first-order valence-corrected chi connectivity index (χ1v) is 5.99. The number of rotatable bonds is 6. The summed E-state index contributed by atoms with van der Waals surface area (Å²) < 4.78 is 0. The molecule has 0 fully saturated rings. The van der Waals surface area contributed by atoms with Crippen LogP contribution >= 0.6 is 0 Å². The molecule has 1 aromatic heterocycles. The summed E-state index contributed by atoms with van der Waals surface area (Å²) in [6.07, 6.45) is 4.30. The molecule has 1 heterocycles. The second-order valence-corrected chi connectivity index (χ2v) is 4.04. The van der Waals surface area contributed by atoms with Crippen molar-refractivity contribution in [3.05, 3.63) is 30.1 Å². The molecule has 0 aliphatic heterocycles. The average molecular weight is 246 g/mol. The molecule has 0 bridgehead atoms.